The van der Waals surface area contributed by atoms with Gasteiger partial charge in [-0.1, -0.05) is 20.8 Å². The van der Waals surface area contributed by atoms with Gasteiger partial charge in [0.1, 0.15) is 5.75 Å². The molecular weight excluding hydrogens is 238 g/mol. The normalized spacial score (nSPS) is 15.9. The number of hydrogen-bond donors (Lipinski definition) is 1. The van der Waals surface area contributed by atoms with Gasteiger partial charge in [0.05, 0.1) is 6.61 Å². The Kier molecular flexibility index (Phi) is 4.13. The van der Waals surface area contributed by atoms with Crippen LogP contribution < -0.4 is 10.1 Å². The lowest BCUT2D eigenvalue weighted by Crippen LogP contribution is -2.21. The van der Waals surface area contributed by atoms with Gasteiger partial charge in [0.25, 0.3) is 0 Å². The first-order valence-electron chi connectivity index (χ1n) is 7.16. The molecule has 0 bridgehead atoms. The van der Waals surface area contributed by atoms with Crippen LogP contribution in [0.15, 0.2) is 18.2 Å². The van der Waals surface area contributed by atoms with Gasteiger partial charge >= 0.3 is 0 Å². The largest absolute Gasteiger partial charge is 0.493 e. The topological polar surface area (TPSA) is 38.3 Å². The van der Waals surface area contributed by atoms with Gasteiger partial charge in [-0.15, -0.1) is 0 Å². The average Bonchev–Trinajstić information content (AvgIpc) is 3.16. The molecule has 1 amide bonds. The number of carbonyl (C=O) groups excluding carboxylic acids is 1. The zero-order valence-corrected chi connectivity index (χ0v) is 12.1. The quantitative estimate of drug-likeness (QED) is 0.846. The molecule has 1 fully saturated rings. The second-order valence-electron chi connectivity index (χ2n) is 5.54. The van der Waals surface area contributed by atoms with Crippen molar-refractivity contribution in [2.75, 3.05) is 11.9 Å². The molecule has 0 heterocycles. The van der Waals surface area contributed by atoms with E-state index in [1.165, 1.54) is 0 Å². The number of amides is 1. The first-order valence-corrected chi connectivity index (χ1v) is 7.16. The van der Waals surface area contributed by atoms with E-state index < -0.39 is 0 Å². The lowest BCUT2D eigenvalue weighted by Gasteiger charge is -2.14. The van der Waals surface area contributed by atoms with Gasteiger partial charge in [-0.25, -0.2) is 0 Å². The predicted molar refractivity (Wildman–Crippen MR) is 77.6 cm³/mol. The molecule has 0 atom stereocenters. The van der Waals surface area contributed by atoms with E-state index in [4.69, 9.17) is 4.74 Å². The van der Waals surface area contributed by atoms with E-state index in [0.717, 1.165) is 49.3 Å². The van der Waals surface area contributed by atoms with Gasteiger partial charge in [0.15, 0.2) is 0 Å². The standard InChI is InChI=1S/C16H23NO2/c1-4-10-19-14-7-6-13(11-12(14)5-2)17-15(18)16(3)8-9-16/h6-7,11H,4-5,8-10H2,1-3H3,(H,17,18). The van der Waals surface area contributed by atoms with Crippen molar-refractivity contribution in [3.05, 3.63) is 23.8 Å². The lowest BCUT2D eigenvalue weighted by molar-refractivity contribution is -0.120. The summed E-state index contributed by atoms with van der Waals surface area (Å²) < 4.78 is 5.70. The van der Waals surface area contributed by atoms with Crippen LogP contribution >= 0.6 is 0 Å². The smallest absolute Gasteiger partial charge is 0.230 e. The maximum Gasteiger partial charge on any atom is 0.230 e. The molecular formula is C16H23NO2. The van der Waals surface area contributed by atoms with Crippen LogP contribution in [0.1, 0.15) is 45.6 Å². The molecule has 19 heavy (non-hydrogen) atoms. The van der Waals surface area contributed by atoms with Crippen molar-refractivity contribution in [1.29, 1.82) is 0 Å². The molecule has 104 valence electrons. The monoisotopic (exact) mass is 261 g/mol. The third-order valence-corrected chi connectivity index (χ3v) is 3.71. The maximum absolute atomic E-state index is 12.0. The summed E-state index contributed by atoms with van der Waals surface area (Å²) in [5.41, 5.74) is 1.88. The van der Waals surface area contributed by atoms with Crippen molar-refractivity contribution < 1.29 is 9.53 Å². The fraction of sp³-hybridized carbons (Fsp3) is 0.562. The summed E-state index contributed by atoms with van der Waals surface area (Å²) in [6, 6.07) is 5.90. The molecule has 0 radical (unpaired) electrons. The van der Waals surface area contributed by atoms with Crippen molar-refractivity contribution in [1.82, 2.24) is 0 Å². The van der Waals surface area contributed by atoms with Crippen molar-refractivity contribution in [2.24, 2.45) is 5.41 Å². The zero-order chi connectivity index (χ0) is 13.9. The van der Waals surface area contributed by atoms with Gasteiger partial charge in [-0.05, 0) is 49.4 Å². The van der Waals surface area contributed by atoms with Crippen LogP contribution in [0.3, 0.4) is 0 Å². The van der Waals surface area contributed by atoms with Gasteiger partial charge < -0.3 is 10.1 Å². The number of nitrogens with one attached hydrogen (secondary N) is 1. The molecule has 1 aliphatic rings. The Hall–Kier alpha value is -1.51. The molecule has 0 unspecified atom stereocenters. The van der Waals surface area contributed by atoms with Crippen molar-refractivity contribution in [3.63, 3.8) is 0 Å². The van der Waals surface area contributed by atoms with Crippen LogP contribution in [-0.4, -0.2) is 12.5 Å². The highest BCUT2D eigenvalue weighted by Gasteiger charge is 2.44. The number of anilines is 1. The molecule has 2 rings (SSSR count). The number of benzene rings is 1. The number of ether oxygens (including phenoxy) is 1. The van der Waals surface area contributed by atoms with Gasteiger partial charge in [0.2, 0.25) is 5.91 Å². The highest BCUT2D eigenvalue weighted by molar-refractivity contribution is 5.96. The minimum absolute atomic E-state index is 0.135. The maximum atomic E-state index is 12.0. The van der Waals surface area contributed by atoms with Crippen LogP contribution in [0.5, 0.6) is 5.75 Å². The Balaban J connectivity index is 2.07. The second-order valence-corrected chi connectivity index (χ2v) is 5.54. The number of rotatable bonds is 6. The van der Waals surface area contributed by atoms with E-state index in [1.807, 2.05) is 25.1 Å². The van der Waals surface area contributed by atoms with E-state index in [1.54, 1.807) is 0 Å². The Morgan fingerprint density at radius 3 is 2.68 bits per heavy atom. The molecule has 1 aromatic rings. The summed E-state index contributed by atoms with van der Waals surface area (Å²) in [5, 5.41) is 3.01. The Bertz CT molecular complexity index is 464. The highest BCUT2D eigenvalue weighted by Crippen LogP contribution is 2.45. The SMILES string of the molecule is CCCOc1ccc(NC(=O)C2(C)CC2)cc1CC. The lowest BCUT2D eigenvalue weighted by atomic mass is 10.1. The summed E-state index contributed by atoms with van der Waals surface area (Å²) in [5.74, 6) is 1.07. The Morgan fingerprint density at radius 2 is 2.11 bits per heavy atom. The summed E-state index contributed by atoms with van der Waals surface area (Å²) in [6.45, 7) is 6.94. The fourth-order valence-electron chi connectivity index (χ4n) is 1.98. The van der Waals surface area contributed by atoms with Crippen LogP contribution in [0.2, 0.25) is 0 Å². The third-order valence-electron chi connectivity index (χ3n) is 3.71. The molecule has 1 aromatic carbocycles. The van der Waals surface area contributed by atoms with E-state index in [0.29, 0.717) is 0 Å². The number of hydrogen-bond acceptors (Lipinski definition) is 2. The fourth-order valence-corrected chi connectivity index (χ4v) is 1.98. The molecule has 0 aliphatic heterocycles. The Morgan fingerprint density at radius 1 is 1.37 bits per heavy atom. The predicted octanol–water partition coefficient (Wildman–Crippen LogP) is 3.78. The molecule has 0 saturated heterocycles. The van der Waals surface area contributed by atoms with E-state index >= 15 is 0 Å². The van der Waals surface area contributed by atoms with Crippen LogP contribution in [0, 0.1) is 5.41 Å². The second kappa shape index (κ2) is 5.64. The summed E-state index contributed by atoms with van der Waals surface area (Å²) in [7, 11) is 0. The first kappa shape index (κ1) is 13.9. The average molecular weight is 261 g/mol. The van der Waals surface area contributed by atoms with Gasteiger partial charge in [-0.2, -0.15) is 0 Å². The summed E-state index contributed by atoms with van der Waals surface area (Å²) in [6.07, 6.45) is 3.90. The minimum atomic E-state index is -0.135. The summed E-state index contributed by atoms with van der Waals surface area (Å²) in [4.78, 5) is 12.0. The highest BCUT2D eigenvalue weighted by atomic mass is 16.5. The van der Waals surface area contributed by atoms with Gasteiger partial charge in [0, 0.05) is 11.1 Å². The van der Waals surface area contributed by atoms with Crippen LogP contribution in [0.25, 0.3) is 0 Å². The van der Waals surface area contributed by atoms with E-state index in [-0.39, 0.29) is 11.3 Å². The minimum Gasteiger partial charge on any atom is -0.493 e. The molecule has 0 aromatic heterocycles. The molecule has 1 aliphatic carbocycles. The summed E-state index contributed by atoms with van der Waals surface area (Å²) >= 11 is 0. The number of aryl methyl sites for hydroxylation is 1. The van der Waals surface area contributed by atoms with Crippen molar-refractivity contribution in [3.8, 4) is 5.75 Å². The van der Waals surface area contributed by atoms with E-state index in [9.17, 15) is 4.79 Å². The van der Waals surface area contributed by atoms with Crippen LogP contribution in [-0.2, 0) is 11.2 Å². The van der Waals surface area contributed by atoms with E-state index in [2.05, 4.69) is 19.2 Å². The van der Waals surface area contributed by atoms with Crippen molar-refractivity contribution in [2.45, 2.75) is 46.5 Å². The molecule has 1 saturated carbocycles. The number of carbonyl (C=O) groups is 1. The Labute approximate surface area is 115 Å². The molecule has 3 heteroatoms. The van der Waals surface area contributed by atoms with Crippen molar-refractivity contribution >= 4 is 11.6 Å². The first-order chi connectivity index (χ1) is 9.09. The zero-order valence-electron chi connectivity index (χ0n) is 12.1. The third kappa shape index (κ3) is 3.28. The molecule has 1 N–H and O–H groups in total. The molecule has 0 spiro atoms. The van der Waals surface area contributed by atoms with Gasteiger partial charge in [-0.3, -0.25) is 4.79 Å². The molecule has 3 nitrogen and oxygen atoms in total. The van der Waals surface area contributed by atoms with Crippen LogP contribution in [0.4, 0.5) is 5.69 Å².